The van der Waals surface area contributed by atoms with E-state index in [2.05, 4.69) is 61.7 Å². The molecule has 10 nitrogen and oxygen atoms in total. The number of rotatable bonds is 9. The van der Waals surface area contributed by atoms with E-state index in [1.54, 1.807) is 10.4 Å². The number of nitrogens with zero attached hydrogens (tertiary/aromatic N) is 7. The van der Waals surface area contributed by atoms with Crippen LogP contribution in [0, 0.1) is 18.3 Å². The number of halogens is 3. The highest BCUT2D eigenvalue weighted by Crippen LogP contribution is 2.34. The molecule has 0 radical (unpaired) electrons. The lowest BCUT2D eigenvalue weighted by molar-refractivity contribution is -0.126. The molecule has 1 aromatic carbocycles. The fraction of sp³-hybridized carbons (Fsp3) is 0.545. The molecule has 4 aromatic rings. The van der Waals surface area contributed by atoms with Crippen LogP contribution in [0.5, 0.6) is 0 Å². The highest BCUT2D eigenvalue weighted by molar-refractivity contribution is 7.88. The number of benzene rings is 1. The topological polar surface area (TPSA) is 110 Å². The van der Waals surface area contributed by atoms with Crippen LogP contribution in [-0.4, -0.2) is 100 Å². The van der Waals surface area contributed by atoms with Gasteiger partial charge in [-0.25, -0.2) is 18.4 Å². The molecule has 5 heterocycles. The van der Waals surface area contributed by atoms with Gasteiger partial charge in [-0.1, -0.05) is 6.07 Å². The molecule has 2 saturated heterocycles. The van der Waals surface area contributed by atoms with Gasteiger partial charge in [0.15, 0.2) is 0 Å². The minimum Gasteiger partial charge on any atom is -0.367 e. The molecular weight excluding hydrogens is 662 g/mol. The van der Waals surface area contributed by atoms with Crippen LogP contribution in [0.4, 0.5) is 19.0 Å². The van der Waals surface area contributed by atoms with Gasteiger partial charge in [-0.15, -0.1) is 11.3 Å². The highest BCUT2D eigenvalue weighted by atomic mass is 32.2. The first-order valence-electron chi connectivity index (χ1n) is 16.2. The standard InChI is InChI=1S/C33H41F3N8O2S2/c1-21(42-11-12-44(22(2)17-42)48(4,45)46)18-43-26(16-37)13-28-23(3)24(5-6-30(28)43)19-41-9-7-25(8-10-41)40-31-29-14-27(15-33(34,35)36)47-32(29)39-20-38-31/h5-6,13-14,20-22,25H,7-12,15,17-19H2,1-4H3,(H,38,39,40)/t21-,22+/m1/s1. The van der Waals surface area contributed by atoms with Crippen molar-refractivity contribution in [3.63, 3.8) is 0 Å². The predicted molar refractivity (Wildman–Crippen MR) is 183 cm³/mol. The van der Waals surface area contributed by atoms with Crippen LogP contribution in [0.25, 0.3) is 21.1 Å². The average Bonchev–Trinajstić information content (AvgIpc) is 3.59. The molecule has 2 aliphatic heterocycles. The second-order valence-corrected chi connectivity index (χ2v) is 16.3. The maximum atomic E-state index is 13.0. The fourth-order valence-corrected chi connectivity index (χ4v) is 9.36. The highest BCUT2D eigenvalue weighted by Gasteiger charge is 2.32. The first-order chi connectivity index (χ1) is 22.7. The predicted octanol–water partition coefficient (Wildman–Crippen LogP) is 5.36. The summed E-state index contributed by atoms with van der Waals surface area (Å²) in [5.74, 6) is 0.585. The Morgan fingerprint density at radius 3 is 2.54 bits per heavy atom. The SMILES string of the molecule is Cc1c(CN2CCC(Nc3ncnc4sc(CC(F)(F)F)cc34)CC2)ccc2c1cc(C#N)n2C[C@@H](C)N1CCN(S(C)(=O)=O)[C@@H](C)C1. The second kappa shape index (κ2) is 13.5. The molecule has 3 aromatic heterocycles. The van der Waals surface area contributed by atoms with Crippen LogP contribution in [-0.2, 0) is 29.5 Å². The minimum atomic E-state index is -4.27. The number of nitrogens with one attached hydrogen (secondary N) is 1. The van der Waals surface area contributed by atoms with Crippen molar-refractivity contribution in [3.05, 3.63) is 52.3 Å². The van der Waals surface area contributed by atoms with E-state index in [4.69, 9.17) is 0 Å². The van der Waals surface area contributed by atoms with E-state index in [0.717, 1.165) is 60.3 Å². The number of anilines is 1. The molecule has 6 rings (SSSR count). The fourth-order valence-electron chi connectivity index (χ4n) is 7.20. The third-order valence-electron chi connectivity index (χ3n) is 9.75. The van der Waals surface area contributed by atoms with E-state index in [1.807, 2.05) is 13.0 Å². The normalized spacial score (nSPS) is 20.0. The van der Waals surface area contributed by atoms with E-state index in [1.165, 1.54) is 18.1 Å². The number of hydrogen-bond acceptors (Lipinski definition) is 9. The van der Waals surface area contributed by atoms with Gasteiger partial charge in [0.05, 0.1) is 18.1 Å². The summed E-state index contributed by atoms with van der Waals surface area (Å²) in [5, 5.41) is 15.2. The number of piperazine rings is 1. The Balaban J connectivity index is 1.09. The quantitative estimate of drug-likeness (QED) is 0.248. The van der Waals surface area contributed by atoms with Crippen molar-refractivity contribution in [2.75, 3.05) is 44.3 Å². The Hall–Kier alpha value is -3.29. The third-order valence-corrected chi connectivity index (χ3v) is 12.2. The number of likely N-dealkylation sites (tertiary alicyclic amines) is 1. The Morgan fingerprint density at radius 1 is 1.12 bits per heavy atom. The third kappa shape index (κ3) is 7.47. The zero-order valence-corrected chi connectivity index (χ0v) is 29.2. The van der Waals surface area contributed by atoms with Crippen molar-refractivity contribution < 1.29 is 21.6 Å². The summed E-state index contributed by atoms with van der Waals surface area (Å²) in [6.45, 7) is 11.1. The van der Waals surface area contributed by atoms with E-state index in [-0.39, 0.29) is 23.0 Å². The minimum absolute atomic E-state index is 0.109. The van der Waals surface area contributed by atoms with Gasteiger partial charge in [0.25, 0.3) is 0 Å². The summed E-state index contributed by atoms with van der Waals surface area (Å²) in [7, 11) is -3.24. The zero-order valence-electron chi connectivity index (χ0n) is 27.6. The smallest absolute Gasteiger partial charge is 0.367 e. The van der Waals surface area contributed by atoms with Crippen LogP contribution >= 0.6 is 11.3 Å². The molecular formula is C33H41F3N8O2S2. The maximum Gasteiger partial charge on any atom is 0.393 e. The summed E-state index contributed by atoms with van der Waals surface area (Å²) >= 11 is 1.06. The summed E-state index contributed by atoms with van der Waals surface area (Å²) in [6, 6.07) is 10.3. The van der Waals surface area contributed by atoms with Crippen molar-refractivity contribution in [1.82, 2.24) is 28.6 Å². The van der Waals surface area contributed by atoms with Crippen molar-refractivity contribution >= 4 is 48.3 Å². The van der Waals surface area contributed by atoms with Crippen molar-refractivity contribution in [1.29, 1.82) is 5.26 Å². The Labute approximate surface area is 283 Å². The van der Waals surface area contributed by atoms with Gasteiger partial charge in [-0.05, 0) is 62.9 Å². The maximum absolute atomic E-state index is 13.0. The molecule has 258 valence electrons. The van der Waals surface area contributed by atoms with Crippen molar-refractivity contribution in [3.8, 4) is 6.07 Å². The molecule has 0 spiro atoms. The Kier molecular flexibility index (Phi) is 9.76. The molecule has 0 aliphatic carbocycles. The van der Waals surface area contributed by atoms with Crippen molar-refractivity contribution in [2.45, 2.75) is 77.4 Å². The van der Waals surface area contributed by atoms with Gasteiger partial charge < -0.3 is 9.88 Å². The molecule has 2 fully saturated rings. The number of hydrogen-bond donors (Lipinski definition) is 1. The first kappa shape index (κ1) is 34.6. The number of thiophene rings is 1. The number of fused-ring (bicyclic) bond motifs is 2. The van der Waals surface area contributed by atoms with Gasteiger partial charge in [0.1, 0.15) is 28.7 Å². The van der Waals surface area contributed by atoms with Gasteiger partial charge in [-0.2, -0.15) is 22.7 Å². The van der Waals surface area contributed by atoms with Crippen LogP contribution in [0.2, 0.25) is 0 Å². The van der Waals surface area contributed by atoms with Gasteiger partial charge in [0.2, 0.25) is 10.0 Å². The van der Waals surface area contributed by atoms with Crippen LogP contribution in [0.1, 0.15) is 48.4 Å². The molecule has 0 amide bonds. The lowest BCUT2D eigenvalue weighted by Crippen LogP contribution is -2.56. The lowest BCUT2D eigenvalue weighted by atomic mass is 10.0. The summed E-state index contributed by atoms with van der Waals surface area (Å²) in [4.78, 5) is 14.0. The van der Waals surface area contributed by atoms with Crippen LogP contribution in [0.15, 0.2) is 30.6 Å². The van der Waals surface area contributed by atoms with Crippen LogP contribution in [0.3, 0.4) is 0 Å². The monoisotopic (exact) mass is 702 g/mol. The Bertz CT molecular complexity index is 1940. The molecule has 2 aliphatic rings. The average molecular weight is 703 g/mol. The first-order valence-corrected chi connectivity index (χ1v) is 18.9. The number of piperidine rings is 1. The zero-order chi connectivity index (χ0) is 34.4. The molecule has 0 unspecified atom stereocenters. The molecule has 15 heteroatoms. The number of alkyl halides is 3. The number of sulfonamides is 1. The van der Waals surface area contributed by atoms with E-state index < -0.39 is 22.6 Å². The summed E-state index contributed by atoms with van der Waals surface area (Å²) in [6.07, 6.45) is -0.827. The van der Waals surface area contributed by atoms with E-state index >= 15 is 0 Å². The lowest BCUT2D eigenvalue weighted by Gasteiger charge is -2.41. The van der Waals surface area contributed by atoms with Gasteiger partial charge >= 0.3 is 6.18 Å². The molecule has 48 heavy (non-hydrogen) atoms. The second-order valence-electron chi connectivity index (χ2n) is 13.2. The van der Waals surface area contributed by atoms with E-state index in [0.29, 0.717) is 47.9 Å². The van der Waals surface area contributed by atoms with Crippen LogP contribution < -0.4 is 5.32 Å². The number of aryl methyl sites for hydroxylation is 1. The molecule has 0 saturated carbocycles. The number of aromatic nitrogens is 3. The van der Waals surface area contributed by atoms with E-state index in [9.17, 15) is 26.9 Å². The molecule has 1 N–H and O–H groups in total. The largest absolute Gasteiger partial charge is 0.393 e. The number of nitriles is 1. The van der Waals surface area contributed by atoms with Gasteiger partial charge in [0, 0.05) is 79.7 Å². The van der Waals surface area contributed by atoms with Gasteiger partial charge in [-0.3, -0.25) is 9.80 Å². The Morgan fingerprint density at radius 2 is 1.88 bits per heavy atom. The molecule has 2 atom stereocenters. The molecule has 0 bridgehead atoms. The summed E-state index contributed by atoms with van der Waals surface area (Å²) < 4.78 is 66.8. The van der Waals surface area contributed by atoms with Crippen molar-refractivity contribution in [2.24, 2.45) is 0 Å². The summed E-state index contributed by atoms with van der Waals surface area (Å²) in [5.41, 5.74) is 4.00.